The van der Waals surface area contributed by atoms with Crippen LogP contribution in [0, 0.1) is 11.8 Å². The monoisotopic (exact) mass is 280 g/mol. The van der Waals surface area contributed by atoms with E-state index in [2.05, 4.69) is 6.92 Å². The van der Waals surface area contributed by atoms with Crippen LogP contribution in [-0.2, 0) is 9.59 Å². The van der Waals surface area contributed by atoms with Gasteiger partial charge in [0.1, 0.15) is 0 Å². The average molecular weight is 280 g/mol. The molecule has 0 aromatic carbocycles. The first-order valence-electron chi connectivity index (χ1n) is 8.19. The Morgan fingerprint density at radius 3 is 2.35 bits per heavy atom. The Bertz CT molecular complexity index is 348. The lowest BCUT2D eigenvalue weighted by Crippen LogP contribution is -2.35. The van der Waals surface area contributed by atoms with E-state index in [0.717, 1.165) is 51.7 Å². The Kier molecular flexibility index (Phi) is 5.44. The maximum absolute atomic E-state index is 12.4. The molecule has 0 aromatic rings. The van der Waals surface area contributed by atoms with E-state index in [1.54, 1.807) is 0 Å². The van der Waals surface area contributed by atoms with E-state index in [1.165, 1.54) is 12.8 Å². The van der Waals surface area contributed by atoms with Crippen molar-refractivity contribution in [3.63, 3.8) is 0 Å². The molecular formula is C16H28N2O2. The SMILES string of the molecule is CCCCN(C)C(=O)C1CC1C(=O)N1CCCCCC1. The number of hydrogen-bond donors (Lipinski definition) is 0. The van der Waals surface area contributed by atoms with Crippen molar-refractivity contribution in [2.75, 3.05) is 26.7 Å². The highest BCUT2D eigenvalue weighted by molar-refractivity contribution is 5.92. The lowest BCUT2D eigenvalue weighted by Gasteiger charge is -2.21. The largest absolute Gasteiger partial charge is 0.346 e. The molecule has 1 saturated carbocycles. The van der Waals surface area contributed by atoms with Crippen molar-refractivity contribution in [2.24, 2.45) is 11.8 Å². The van der Waals surface area contributed by atoms with E-state index in [9.17, 15) is 9.59 Å². The minimum absolute atomic E-state index is 0.0234. The summed E-state index contributed by atoms with van der Waals surface area (Å²) >= 11 is 0. The highest BCUT2D eigenvalue weighted by Crippen LogP contribution is 2.41. The summed E-state index contributed by atoms with van der Waals surface area (Å²) in [5, 5.41) is 0. The minimum atomic E-state index is -0.0346. The Morgan fingerprint density at radius 1 is 1.10 bits per heavy atom. The van der Waals surface area contributed by atoms with E-state index >= 15 is 0 Å². The fourth-order valence-electron chi connectivity index (χ4n) is 3.05. The summed E-state index contributed by atoms with van der Waals surface area (Å²) in [6.45, 7) is 4.72. The van der Waals surface area contributed by atoms with Crippen LogP contribution in [0.15, 0.2) is 0 Å². The van der Waals surface area contributed by atoms with Gasteiger partial charge in [0, 0.05) is 26.7 Å². The number of unbranched alkanes of at least 4 members (excludes halogenated alkanes) is 1. The van der Waals surface area contributed by atoms with Crippen LogP contribution in [0.3, 0.4) is 0 Å². The second-order valence-electron chi connectivity index (χ2n) is 6.30. The van der Waals surface area contributed by atoms with Gasteiger partial charge in [0.05, 0.1) is 11.8 Å². The number of amides is 2. The van der Waals surface area contributed by atoms with Crippen molar-refractivity contribution < 1.29 is 9.59 Å². The van der Waals surface area contributed by atoms with Gasteiger partial charge in [-0.2, -0.15) is 0 Å². The van der Waals surface area contributed by atoms with Gasteiger partial charge in [0.2, 0.25) is 11.8 Å². The summed E-state index contributed by atoms with van der Waals surface area (Å²) in [5.74, 6) is 0.345. The summed E-state index contributed by atoms with van der Waals surface area (Å²) < 4.78 is 0. The topological polar surface area (TPSA) is 40.6 Å². The van der Waals surface area contributed by atoms with Crippen LogP contribution in [0.5, 0.6) is 0 Å². The second kappa shape index (κ2) is 7.09. The van der Waals surface area contributed by atoms with Crippen molar-refractivity contribution >= 4 is 11.8 Å². The predicted octanol–water partition coefficient (Wildman–Crippen LogP) is 2.28. The number of rotatable bonds is 5. The molecule has 0 bridgehead atoms. The van der Waals surface area contributed by atoms with E-state index in [0.29, 0.717) is 0 Å². The predicted molar refractivity (Wildman–Crippen MR) is 79.2 cm³/mol. The maximum Gasteiger partial charge on any atom is 0.226 e. The molecule has 114 valence electrons. The van der Waals surface area contributed by atoms with Crippen molar-refractivity contribution in [3.8, 4) is 0 Å². The van der Waals surface area contributed by atoms with E-state index in [1.807, 2.05) is 16.8 Å². The van der Waals surface area contributed by atoms with Gasteiger partial charge in [-0.25, -0.2) is 0 Å². The molecule has 1 heterocycles. The fourth-order valence-corrected chi connectivity index (χ4v) is 3.05. The Balaban J connectivity index is 1.80. The van der Waals surface area contributed by atoms with Gasteiger partial charge in [-0.1, -0.05) is 26.2 Å². The molecule has 0 spiro atoms. The molecule has 1 aliphatic heterocycles. The van der Waals surface area contributed by atoms with Crippen LogP contribution in [0.1, 0.15) is 51.9 Å². The first-order valence-corrected chi connectivity index (χ1v) is 8.19. The molecule has 2 rings (SSSR count). The van der Waals surface area contributed by atoms with Crippen LogP contribution in [0.2, 0.25) is 0 Å². The first-order chi connectivity index (χ1) is 9.65. The van der Waals surface area contributed by atoms with Gasteiger partial charge in [-0.15, -0.1) is 0 Å². The molecule has 2 aliphatic rings. The Labute approximate surface area is 122 Å². The zero-order valence-corrected chi connectivity index (χ0v) is 12.9. The van der Waals surface area contributed by atoms with Gasteiger partial charge in [0.15, 0.2) is 0 Å². The molecule has 1 aliphatic carbocycles. The molecule has 2 amide bonds. The highest BCUT2D eigenvalue weighted by Gasteiger charge is 2.50. The molecule has 2 atom stereocenters. The Morgan fingerprint density at radius 2 is 1.75 bits per heavy atom. The summed E-state index contributed by atoms with van der Waals surface area (Å²) in [4.78, 5) is 28.5. The third-order valence-electron chi connectivity index (χ3n) is 4.57. The second-order valence-corrected chi connectivity index (χ2v) is 6.30. The fraction of sp³-hybridized carbons (Fsp3) is 0.875. The number of carbonyl (C=O) groups is 2. The molecule has 20 heavy (non-hydrogen) atoms. The molecule has 0 N–H and O–H groups in total. The van der Waals surface area contributed by atoms with Gasteiger partial charge in [-0.05, 0) is 25.7 Å². The molecule has 1 saturated heterocycles. The molecule has 4 nitrogen and oxygen atoms in total. The van der Waals surface area contributed by atoms with Gasteiger partial charge < -0.3 is 9.80 Å². The number of likely N-dealkylation sites (tertiary alicyclic amines) is 1. The van der Waals surface area contributed by atoms with Crippen LogP contribution in [-0.4, -0.2) is 48.3 Å². The molecule has 0 aromatic heterocycles. The molecule has 2 unspecified atom stereocenters. The number of carbonyl (C=O) groups excluding carboxylic acids is 2. The van der Waals surface area contributed by atoms with Crippen molar-refractivity contribution in [1.29, 1.82) is 0 Å². The number of nitrogens with zero attached hydrogens (tertiary/aromatic N) is 2. The molecule has 0 radical (unpaired) electrons. The zero-order valence-electron chi connectivity index (χ0n) is 12.9. The normalized spacial score (nSPS) is 26.0. The smallest absolute Gasteiger partial charge is 0.226 e. The standard InChI is InChI=1S/C16H28N2O2/c1-3-4-9-17(2)15(19)13-12-14(13)16(20)18-10-7-5-6-8-11-18/h13-14H,3-12H2,1-2H3. The van der Waals surface area contributed by atoms with E-state index in [4.69, 9.17) is 0 Å². The quantitative estimate of drug-likeness (QED) is 0.775. The van der Waals surface area contributed by atoms with Crippen molar-refractivity contribution in [1.82, 2.24) is 9.80 Å². The van der Waals surface area contributed by atoms with E-state index in [-0.39, 0.29) is 23.7 Å². The van der Waals surface area contributed by atoms with Crippen LogP contribution in [0.4, 0.5) is 0 Å². The van der Waals surface area contributed by atoms with Gasteiger partial charge in [-0.3, -0.25) is 9.59 Å². The average Bonchev–Trinajstić information content (AvgIpc) is 3.26. The lowest BCUT2D eigenvalue weighted by molar-refractivity contribution is -0.137. The maximum atomic E-state index is 12.4. The molecule has 2 fully saturated rings. The number of hydrogen-bond acceptors (Lipinski definition) is 2. The van der Waals surface area contributed by atoms with Crippen molar-refractivity contribution in [3.05, 3.63) is 0 Å². The zero-order chi connectivity index (χ0) is 14.5. The third-order valence-corrected chi connectivity index (χ3v) is 4.57. The highest BCUT2D eigenvalue weighted by atomic mass is 16.2. The third kappa shape index (κ3) is 3.74. The first kappa shape index (κ1) is 15.3. The van der Waals surface area contributed by atoms with Crippen LogP contribution < -0.4 is 0 Å². The van der Waals surface area contributed by atoms with Crippen molar-refractivity contribution in [2.45, 2.75) is 51.9 Å². The molecular weight excluding hydrogens is 252 g/mol. The van der Waals surface area contributed by atoms with Gasteiger partial charge in [0.25, 0.3) is 0 Å². The minimum Gasteiger partial charge on any atom is -0.346 e. The summed E-state index contributed by atoms with van der Waals surface area (Å²) in [6, 6.07) is 0. The summed E-state index contributed by atoms with van der Waals surface area (Å²) in [5.41, 5.74) is 0. The Hall–Kier alpha value is -1.06. The van der Waals surface area contributed by atoms with E-state index < -0.39 is 0 Å². The lowest BCUT2D eigenvalue weighted by atomic mass is 10.2. The van der Waals surface area contributed by atoms with Crippen LogP contribution >= 0.6 is 0 Å². The van der Waals surface area contributed by atoms with Crippen LogP contribution in [0.25, 0.3) is 0 Å². The summed E-state index contributed by atoms with van der Waals surface area (Å²) in [6.07, 6.45) is 7.61. The molecule has 4 heteroatoms. The summed E-state index contributed by atoms with van der Waals surface area (Å²) in [7, 11) is 1.86. The van der Waals surface area contributed by atoms with Gasteiger partial charge >= 0.3 is 0 Å².